The predicted octanol–water partition coefficient (Wildman–Crippen LogP) is 2.57. The van der Waals surface area contributed by atoms with Gasteiger partial charge in [0.05, 0.1) is 18.1 Å². The fourth-order valence-corrected chi connectivity index (χ4v) is 2.75. The van der Waals surface area contributed by atoms with Gasteiger partial charge in [0.1, 0.15) is 6.33 Å². The smallest absolute Gasteiger partial charge is 0.234 e. The van der Waals surface area contributed by atoms with E-state index in [0.29, 0.717) is 18.1 Å². The number of rotatable bonds is 5. The van der Waals surface area contributed by atoms with Crippen LogP contribution in [0, 0.1) is 5.92 Å². The summed E-state index contributed by atoms with van der Waals surface area (Å²) >= 11 is 0. The van der Waals surface area contributed by atoms with Crippen LogP contribution in [0.25, 0.3) is 5.95 Å². The first-order valence-corrected chi connectivity index (χ1v) is 7.41. The molecule has 110 valence electrons. The molecule has 0 atom stereocenters. The van der Waals surface area contributed by atoms with Gasteiger partial charge in [-0.25, -0.2) is 15.0 Å². The first kappa shape index (κ1) is 13.7. The van der Waals surface area contributed by atoms with Crippen molar-refractivity contribution in [2.75, 3.05) is 5.32 Å². The lowest BCUT2D eigenvalue weighted by Gasteiger charge is -2.09. The van der Waals surface area contributed by atoms with Crippen LogP contribution in [0.5, 0.6) is 0 Å². The number of nitrogens with zero attached hydrogens (tertiary/aromatic N) is 4. The molecule has 21 heavy (non-hydrogen) atoms. The molecule has 0 aromatic carbocycles. The Bertz CT molecular complexity index is 573. The van der Waals surface area contributed by atoms with Crippen molar-refractivity contribution in [1.82, 2.24) is 19.5 Å². The third-order valence-corrected chi connectivity index (χ3v) is 3.91. The van der Waals surface area contributed by atoms with Gasteiger partial charge in [0.15, 0.2) is 0 Å². The van der Waals surface area contributed by atoms with Crippen LogP contribution >= 0.6 is 0 Å². The number of carbonyl (C=O) groups is 1. The first-order chi connectivity index (χ1) is 10.3. The molecular weight excluding hydrogens is 266 g/mol. The molecule has 6 nitrogen and oxygen atoms in total. The summed E-state index contributed by atoms with van der Waals surface area (Å²) in [5, 5.41) is 2.85. The van der Waals surface area contributed by atoms with Crippen LogP contribution in [0.4, 0.5) is 5.69 Å². The summed E-state index contributed by atoms with van der Waals surface area (Å²) in [7, 11) is 0. The molecule has 2 aromatic heterocycles. The second kappa shape index (κ2) is 6.47. The first-order valence-electron chi connectivity index (χ1n) is 7.41. The van der Waals surface area contributed by atoms with Crippen LogP contribution in [0.3, 0.4) is 0 Å². The standard InChI is InChI=1S/C15H19N5O/c21-14(6-5-12-3-1-2-4-12)19-13-9-17-15(18-10-13)20-8-7-16-11-20/h7-12H,1-6H2,(H,19,21). The second-order valence-corrected chi connectivity index (χ2v) is 5.48. The molecule has 1 amide bonds. The summed E-state index contributed by atoms with van der Waals surface area (Å²) in [5.41, 5.74) is 0.635. The molecule has 0 unspecified atom stereocenters. The predicted molar refractivity (Wildman–Crippen MR) is 79.0 cm³/mol. The van der Waals surface area contributed by atoms with E-state index in [1.165, 1.54) is 25.7 Å². The molecule has 2 heterocycles. The fraction of sp³-hybridized carbons (Fsp3) is 0.467. The van der Waals surface area contributed by atoms with E-state index in [9.17, 15) is 4.79 Å². The van der Waals surface area contributed by atoms with E-state index in [-0.39, 0.29) is 5.91 Å². The maximum atomic E-state index is 11.9. The molecule has 0 saturated heterocycles. The van der Waals surface area contributed by atoms with E-state index in [1.54, 1.807) is 35.7 Å². The molecule has 0 aliphatic heterocycles. The molecule has 6 heteroatoms. The highest BCUT2D eigenvalue weighted by atomic mass is 16.1. The number of hydrogen-bond acceptors (Lipinski definition) is 4. The summed E-state index contributed by atoms with van der Waals surface area (Å²) in [6.45, 7) is 0. The number of amides is 1. The van der Waals surface area contributed by atoms with Crippen molar-refractivity contribution in [3.8, 4) is 5.95 Å². The number of anilines is 1. The van der Waals surface area contributed by atoms with Crippen molar-refractivity contribution in [3.63, 3.8) is 0 Å². The van der Waals surface area contributed by atoms with Gasteiger partial charge >= 0.3 is 0 Å². The second-order valence-electron chi connectivity index (χ2n) is 5.48. The van der Waals surface area contributed by atoms with Crippen LogP contribution in [0.15, 0.2) is 31.1 Å². The zero-order valence-corrected chi connectivity index (χ0v) is 11.9. The van der Waals surface area contributed by atoms with E-state index in [2.05, 4.69) is 20.3 Å². The molecule has 1 saturated carbocycles. The number of carbonyl (C=O) groups excluding carboxylic acids is 1. The third-order valence-electron chi connectivity index (χ3n) is 3.91. The highest BCUT2D eigenvalue weighted by molar-refractivity contribution is 5.90. The van der Waals surface area contributed by atoms with E-state index in [4.69, 9.17) is 0 Å². The summed E-state index contributed by atoms with van der Waals surface area (Å²) in [4.78, 5) is 24.3. The number of imidazole rings is 1. The highest BCUT2D eigenvalue weighted by Crippen LogP contribution is 2.28. The van der Waals surface area contributed by atoms with E-state index in [0.717, 1.165) is 12.3 Å². The minimum atomic E-state index is 0.0425. The average molecular weight is 285 g/mol. The largest absolute Gasteiger partial charge is 0.323 e. The van der Waals surface area contributed by atoms with Gasteiger partial charge < -0.3 is 5.32 Å². The monoisotopic (exact) mass is 285 g/mol. The maximum Gasteiger partial charge on any atom is 0.234 e. The number of hydrogen-bond donors (Lipinski definition) is 1. The van der Waals surface area contributed by atoms with Gasteiger partial charge in [0.2, 0.25) is 11.9 Å². The van der Waals surface area contributed by atoms with Gasteiger partial charge in [-0.05, 0) is 12.3 Å². The maximum absolute atomic E-state index is 11.9. The summed E-state index contributed by atoms with van der Waals surface area (Å²) < 4.78 is 1.71. The molecule has 3 rings (SSSR count). The van der Waals surface area contributed by atoms with E-state index >= 15 is 0 Å². The zero-order valence-electron chi connectivity index (χ0n) is 11.9. The Balaban J connectivity index is 1.51. The third kappa shape index (κ3) is 3.65. The van der Waals surface area contributed by atoms with Crippen molar-refractivity contribution in [3.05, 3.63) is 31.1 Å². The molecule has 1 fully saturated rings. The van der Waals surface area contributed by atoms with Gasteiger partial charge in [-0.2, -0.15) is 0 Å². The molecule has 1 aliphatic carbocycles. The fourth-order valence-electron chi connectivity index (χ4n) is 2.75. The van der Waals surface area contributed by atoms with Gasteiger partial charge in [-0.15, -0.1) is 0 Å². The van der Waals surface area contributed by atoms with Gasteiger partial charge in [-0.3, -0.25) is 9.36 Å². The van der Waals surface area contributed by atoms with Gasteiger partial charge in [0.25, 0.3) is 0 Å². The Labute approximate surface area is 123 Å². The lowest BCUT2D eigenvalue weighted by atomic mass is 10.0. The Kier molecular flexibility index (Phi) is 4.23. The van der Waals surface area contributed by atoms with Crippen LogP contribution in [-0.4, -0.2) is 25.4 Å². The Morgan fingerprint density at radius 1 is 1.29 bits per heavy atom. The van der Waals surface area contributed by atoms with Crippen LogP contribution in [-0.2, 0) is 4.79 Å². The number of aromatic nitrogens is 4. The lowest BCUT2D eigenvalue weighted by molar-refractivity contribution is -0.116. The van der Waals surface area contributed by atoms with Crippen molar-refractivity contribution < 1.29 is 4.79 Å². The van der Waals surface area contributed by atoms with E-state index < -0.39 is 0 Å². The number of nitrogens with one attached hydrogen (secondary N) is 1. The van der Waals surface area contributed by atoms with Crippen molar-refractivity contribution >= 4 is 11.6 Å². The molecule has 0 spiro atoms. The molecule has 1 aliphatic rings. The van der Waals surface area contributed by atoms with Crippen LogP contribution in [0.1, 0.15) is 38.5 Å². The minimum absolute atomic E-state index is 0.0425. The summed E-state index contributed by atoms with van der Waals surface area (Å²) in [6, 6.07) is 0. The molecular formula is C15H19N5O. The summed E-state index contributed by atoms with van der Waals surface area (Å²) in [6.07, 6.45) is 15.1. The average Bonchev–Trinajstić information content (AvgIpc) is 3.19. The topological polar surface area (TPSA) is 72.7 Å². The van der Waals surface area contributed by atoms with Gasteiger partial charge in [-0.1, -0.05) is 25.7 Å². The van der Waals surface area contributed by atoms with Gasteiger partial charge in [0, 0.05) is 18.8 Å². The molecule has 1 N–H and O–H groups in total. The zero-order chi connectivity index (χ0) is 14.5. The molecule has 0 radical (unpaired) electrons. The molecule has 0 bridgehead atoms. The Hall–Kier alpha value is -2.24. The van der Waals surface area contributed by atoms with Crippen molar-refractivity contribution in [2.24, 2.45) is 5.92 Å². The Morgan fingerprint density at radius 2 is 2.05 bits per heavy atom. The normalized spacial score (nSPS) is 15.2. The van der Waals surface area contributed by atoms with Crippen LogP contribution < -0.4 is 5.32 Å². The lowest BCUT2D eigenvalue weighted by Crippen LogP contribution is -2.13. The SMILES string of the molecule is O=C(CCC1CCCC1)Nc1cnc(-n2ccnc2)nc1. The Morgan fingerprint density at radius 3 is 2.71 bits per heavy atom. The summed E-state index contributed by atoms with van der Waals surface area (Å²) in [5.74, 6) is 1.31. The van der Waals surface area contributed by atoms with Crippen molar-refractivity contribution in [2.45, 2.75) is 38.5 Å². The van der Waals surface area contributed by atoms with Crippen molar-refractivity contribution in [1.29, 1.82) is 0 Å². The molecule has 2 aromatic rings. The van der Waals surface area contributed by atoms with E-state index in [1.807, 2.05) is 0 Å². The highest BCUT2D eigenvalue weighted by Gasteiger charge is 2.16. The quantitative estimate of drug-likeness (QED) is 0.916. The minimum Gasteiger partial charge on any atom is -0.323 e. The van der Waals surface area contributed by atoms with Crippen LogP contribution in [0.2, 0.25) is 0 Å².